The van der Waals surface area contributed by atoms with Gasteiger partial charge in [0.15, 0.2) is 0 Å². The van der Waals surface area contributed by atoms with Crippen molar-refractivity contribution < 1.29 is 0 Å². The summed E-state index contributed by atoms with van der Waals surface area (Å²) >= 11 is 0. The summed E-state index contributed by atoms with van der Waals surface area (Å²) in [5.74, 6) is 0. The summed E-state index contributed by atoms with van der Waals surface area (Å²) < 4.78 is 1.69. The van der Waals surface area contributed by atoms with Gasteiger partial charge in [0.1, 0.15) is 11.4 Å². The van der Waals surface area contributed by atoms with Crippen LogP contribution in [0.2, 0.25) is 0 Å². The summed E-state index contributed by atoms with van der Waals surface area (Å²) in [6, 6.07) is 13.2. The molecule has 2 aromatic rings. The lowest BCUT2D eigenvalue weighted by Gasteiger charge is -2.28. The largest absolute Gasteiger partial charge is 0.298 e. The van der Waals surface area contributed by atoms with Gasteiger partial charge >= 0.3 is 0 Å². The lowest BCUT2D eigenvalue weighted by molar-refractivity contribution is 0.487. The summed E-state index contributed by atoms with van der Waals surface area (Å²) in [5.41, 5.74) is 2.73. The van der Waals surface area contributed by atoms with Crippen LogP contribution in [0.3, 0.4) is 0 Å². The maximum absolute atomic E-state index is 2.23. The van der Waals surface area contributed by atoms with Gasteiger partial charge in [0.25, 0.3) is 0 Å². The predicted octanol–water partition coefficient (Wildman–Crippen LogP) is 3.23. The summed E-state index contributed by atoms with van der Waals surface area (Å²) in [4.78, 5) is 0. The number of nitrogens with zero attached hydrogens (tertiary/aromatic N) is 2. The van der Waals surface area contributed by atoms with Crippen molar-refractivity contribution in [3.05, 3.63) is 36.4 Å². The van der Waals surface area contributed by atoms with E-state index in [0.717, 1.165) is 8.97 Å². The molecular formula is C16H24N2+2. The first-order valence-electron chi connectivity index (χ1n) is 6.37. The molecule has 0 N–H and O–H groups in total. The monoisotopic (exact) mass is 244 g/mol. The first-order valence-corrected chi connectivity index (χ1v) is 6.37. The van der Waals surface area contributed by atoms with E-state index in [1.165, 1.54) is 22.1 Å². The number of fused-ring (bicyclic) bond motifs is 1. The minimum Gasteiger partial charge on any atom is -0.298 e. The summed E-state index contributed by atoms with van der Waals surface area (Å²) in [6.45, 7) is 0. The first-order chi connectivity index (χ1) is 8.21. The van der Waals surface area contributed by atoms with E-state index in [9.17, 15) is 0 Å². The van der Waals surface area contributed by atoms with Crippen LogP contribution in [0.25, 0.3) is 10.8 Å². The molecule has 0 aromatic heterocycles. The Morgan fingerprint density at radius 3 is 1.17 bits per heavy atom. The van der Waals surface area contributed by atoms with Crippen molar-refractivity contribution in [3.8, 4) is 0 Å². The normalized spacial score (nSPS) is 13.0. The molecule has 0 atom stereocenters. The van der Waals surface area contributed by atoms with Gasteiger partial charge in [-0.1, -0.05) is 12.1 Å². The van der Waals surface area contributed by atoms with Crippen molar-refractivity contribution in [1.82, 2.24) is 8.97 Å². The van der Waals surface area contributed by atoms with Crippen LogP contribution in [-0.4, -0.2) is 42.3 Å². The van der Waals surface area contributed by atoms with Crippen molar-refractivity contribution in [2.24, 2.45) is 0 Å². The molecule has 0 aliphatic carbocycles. The Balaban J connectivity index is 2.82. The summed E-state index contributed by atoms with van der Waals surface area (Å²) in [5, 5.41) is 2.71. The SMILES string of the molecule is C[N+](C)(C)c1cccc2c([N+](C)(C)C)cccc12. The zero-order chi connectivity index (χ0) is 13.6. The van der Waals surface area contributed by atoms with Gasteiger partial charge in [0.05, 0.1) is 42.3 Å². The van der Waals surface area contributed by atoms with Crippen LogP contribution in [0.15, 0.2) is 36.4 Å². The molecule has 0 aliphatic rings. The van der Waals surface area contributed by atoms with Gasteiger partial charge in [0, 0.05) is 10.8 Å². The van der Waals surface area contributed by atoms with Crippen LogP contribution in [-0.2, 0) is 0 Å². The zero-order valence-corrected chi connectivity index (χ0v) is 12.4. The Bertz CT molecular complexity index is 518. The van der Waals surface area contributed by atoms with Gasteiger partial charge in [-0.3, -0.25) is 8.97 Å². The summed E-state index contributed by atoms with van der Waals surface area (Å²) in [7, 11) is 13.3. The fraction of sp³-hybridized carbons (Fsp3) is 0.375. The van der Waals surface area contributed by atoms with Crippen LogP contribution >= 0.6 is 0 Å². The van der Waals surface area contributed by atoms with E-state index in [2.05, 4.69) is 78.7 Å². The van der Waals surface area contributed by atoms with Crippen LogP contribution < -0.4 is 8.97 Å². The van der Waals surface area contributed by atoms with E-state index in [1.807, 2.05) is 0 Å². The van der Waals surface area contributed by atoms with E-state index in [4.69, 9.17) is 0 Å². The molecule has 0 unspecified atom stereocenters. The van der Waals surface area contributed by atoms with Gasteiger partial charge in [0.2, 0.25) is 0 Å². The maximum Gasteiger partial charge on any atom is 0.140 e. The summed E-state index contributed by atoms with van der Waals surface area (Å²) in [6.07, 6.45) is 0. The highest BCUT2D eigenvalue weighted by atomic mass is 15.3. The Hall–Kier alpha value is -1.38. The van der Waals surface area contributed by atoms with E-state index >= 15 is 0 Å². The molecule has 2 nitrogen and oxygen atoms in total. The van der Waals surface area contributed by atoms with Gasteiger partial charge in [-0.2, -0.15) is 0 Å². The highest BCUT2D eigenvalue weighted by molar-refractivity contribution is 6.00. The predicted molar refractivity (Wildman–Crippen MR) is 83.1 cm³/mol. The molecule has 2 heteroatoms. The molecule has 0 spiro atoms. The molecule has 0 bridgehead atoms. The number of benzene rings is 2. The van der Waals surface area contributed by atoms with Gasteiger partial charge in [-0.05, 0) is 24.3 Å². The Morgan fingerprint density at radius 2 is 0.889 bits per heavy atom. The molecule has 0 fully saturated rings. The van der Waals surface area contributed by atoms with Gasteiger partial charge in [-0.25, -0.2) is 0 Å². The van der Waals surface area contributed by atoms with Crippen molar-refractivity contribution in [2.45, 2.75) is 0 Å². The van der Waals surface area contributed by atoms with Crippen LogP contribution in [0, 0.1) is 0 Å². The fourth-order valence-electron chi connectivity index (χ4n) is 2.45. The van der Waals surface area contributed by atoms with Crippen LogP contribution in [0.5, 0.6) is 0 Å². The smallest absolute Gasteiger partial charge is 0.140 e. The average Bonchev–Trinajstić information content (AvgIpc) is 2.24. The lowest BCUT2D eigenvalue weighted by Crippen LogP contribution is -2.36. The fourth-order valence-corrected chi connectivity index (χ4v) is 2.45. The molecule has 0 heterocycles. The van der Waals surface area contributed by atoms with Gasteiger partial charge < -0.3 is 0 Å². The number of hydrogen-bond donors (Lipinski definition) is 0. The van der Waals surface area contributed by atoms with E-state index in [-0.39, 0.29) is 0 Å². The number of rotatable bonds is 2. The molecule has 0 saturated heterocycles. The minimum atomic E-state index is 0.845. The van der Waals surface area contributed by atoms with E-state index in [0.29, 0.717) is 0 Å². The second kappa shape index (κ2) is 4.08. The minimum absolute atomic E-state index is 0.845. The molecule has 2 aromatic carbocycles. The van der Waals surface area contributed by atoms with Crippen molar-refractivity contribution in [3.63, 3.8) is 0 Å². The Kier molecular flexibility index (Phi) is 2.96. The first kappa shape index (κ1) is 13.1. The van der Waals surface area contributed by atoms with E-state index in [1.54, 1.807) is 0 Å². The highest BCUT2D eigenvalue weighted by Crippen LogP contribution is 2.35. The third-order valence-electron chi connectivity index (χ3n) is 3.32. The molecule has 0 aliphatic heterocycles. The van der Waals surface area contributed by atoms with Crippen molar-refractivity contribution in [1.29, 1.82) is 0 Å². The second-order valence-electron chi connectivity index (χ2n) is 6.67. The number of quaternary nitrogens is 2. The van der Waals surface area contributed by atoms with Crippen molar-refractivity contribution >= 4 is 22.1 Å². The standard InChI is InChI=1S/C16H24N2/c1-17(2,3)15-11-7-10-14-13(15)9-8-12-16(14)18(4,5)6/h7-12H,1-6H3/q+2. The highest BCUT2D eigenvalue weighted by Gasteiger charge is 2.21. The third-order valence-corrected chi connectivity index (χ3v) is 3.32. The quantitative estimate of drug-likeness (QED) is 0.712. The van der Waals surface area contributed by atoms with Crippen LogP contribution in [0.4, 0.5) is 11.4 Å². The lowest BCUT2D eigenvalue weighted by atomic mass is 10.0. The third kappa shape index (κ3) is 2.26. The Labute approximate surface area is 110 Å². The number of hydrogen-bond acceptors (Lipinski definition) is 0. The van der Waals surface area contributed by atoms with E-state index < -0.39 is 0 Å². The maximum atomic E-state index is 2.23. The molecule has 96 valence electrons. The average molecular weight is 244 g/mol. The zero-order valence-electron chi connectivity index (χ0n) is 12.4. The van der Waals surface area contributed by atoms with Crippen LogP contribution in [0.1, 0.15) is 0 Å². The molecule has 18 heavy (non-hydrogen) atoms. The molecule has 0 saturated carbocycles. The Morgan fingerprint density at radius 1 is 0.556 bits per heavy atom. The molecule has 2 rings (SSSR count). The molecule has 0 amide bonds. The second-order valence-corrected chi connectivity index (χ2v) is 6.67. The topological polar surface area (TPSA) is 0 Å². The molecular weight excluding hydrogens is 220 g/mol. The van der Waals surface area contributed by atoms with Crippen molar-refractivity contribution in [2.75, 3.05) is 42.3 Å². The van der Waals surface area contributed by atoms with Gasteiger partial charge in [-0.15, -0.1) is 0 Å². The molecule has 0 radical (unpaired) electrons.